The molecule has 13 nitrogen and oxygen atoms in total. The lowest BCUT2D eigenvalue weighted by molar-refractivity contribution is -0.140. The highest BCUT2D eigenvalue weighted by atomic mass is 16.4. The fraction of sp³-hybridized carbons (Fsp3) is 0.409. The van der Waals surface area contributed by atoms with Crippen molar-refractivity contribution in [3.05, 3.63) is 40.2 Å². The number of hydrogen-bond acceptors (Lipinski definition) is 9. The van der Waals surface area contributed by atoms with Crippen LogP contribution in [0, 0.1) is 5.92 Å². The number of nitrogens with two attached hydrogens (primary N) is 1. The number of nitrogen functional groups attached to an aromatic ring is 1. The third-order valence-corrected chi connectivity index (χ3v) is 6.07. The van der Waals surface area contributed by atoms with E-state index in [0.29, 0.717) is 24.6 Å². The summed E-state index contributed by atoms with van der Waals surface area (Å²) in [7, 11) is 1.82. The Hall–Kier alpha value is -4.29. The molecule has 0 saturated heterocycles. The van der Waals surface area contributed by atoms with Gasteiger partial charge in [-0.2, -0.15) is 4.98 Å². The summed E-state index contributed by atoms with van der Waals surface area (Å²) in [5, 5.41) is 26.8. The van der Waals surface area contributed by atoms with Crippen molar-refractivity contribution in [2.45, 2.75) is 31.8 Å². The van der Waals surface area contributed by atoms with Gasteiger partial charge in [0.2, 0.25) is 5.95 Å². The van der Waals surface area contributed by atoms with Crippen LogP contribution in [-0.4, -0.2) is 70.2 Å². The zero-order valence-electron chi connectivity index (χ0n) is 19.4. The van der Waals surface area contributed by atoms with Gasteiger partial charge in [-0.3, -0.25) is 14.4 Å². The number of amides is 1. The number of carboxylic acids is 2. The van der Waals surface area contributed by atoms with Gasteiger partial charge in [0.05, 0.1) is 0 Å². The summed E-state index contributed by atoms with van der Waals surface area (Å²) < 4.78 is 0. The molecular weight excluding hydrogens is 458 g/mol. The lowest BCUT2D eigenvalue weighted by atomic mass is 10.00. The van der Waals surface area contributed by atoms with Crippen molar-refractivity contribution in [3.63, 3.8) is 0 Å². The second-order valence-electron chi connectivity index (χ2n) is 8.40. The minimum atomic E-state index is -1.30. The van der Waals surface area contributed by atoms with Gasteiger partial charge < -0.3 is 41.8 Å². The molecule has 3 atom stereocenters. The van der Waals surface area contributed by atoms with Crippen LogP contribution >= 0.6 is 0 Å². The van der Waals surface area contributed by atoms with Crippen LogP contribution in [0.25, 0.3) is 0 Å². The first kappa shape index (κ1) is 25.3. The second kappa shape index (κ2) is 10.8. The van der Waals surface area contributed by atoms with Crippen molar-refractivity contribution in [3.8, 4) is 0 Å². The van der Waals surface area contributed by atoms with Gasteiger partial charge >= 0.3 is 11.9 Å². The van der Waals surface area contributed by atoms with Crippen LogP contribution in [0.5, 0.6) is 0 Å². The van der Waals surface area contributed by atoms with E-state index in [9.17, 15) is 24.3 Å². The molecule has 0 fully saturated rings. The number of carboxylic acid groups (broad SMARTS) is 2. The van der Waals surface area contributed by atoms with Crippen molar-refractivity contribution < 1.29 is 24.6 Å². The van der Waals surface area contributed by atoms with Crippen LogP contribution < -0.4 is 32.1 Å². The number of nitrogens with zero attached hydrogens (tertiary/aromatic N) is 2. The smallest absolute Gasteiger partial charge is 0.326 e. The molecule has 1 amide bonds. The monoisotopic (exact) mass is 487 g/mol. The highest BCUT2D eigenvalue weighted by Crippen LogP contribution is 2.27. The number of carbonyl (C=O) groups excluding carboxylic acids is 1. The first-order valence-corrected chi connectivity index (χ1v) is 11.0. The number of benzene rings is 1. The van der Waals surface area contributed by atoms with Crippen molar-refractivity contribution >= 4 is 41.0 Å². The van der Waals surface area contributed by atoms with Gasteiger partial charge in [0.15, 0.2) is 0 Å². The molecule has 8 N–H and O–H groups in total. The first-order valence-electron chi connectivity index (χ1n) is 11.0. The van der Waals surface area contributed by atoms with Gasteiger partial charge in [0.1, 0.15) is 17.5 Å². The molecule has 3 rings (SSSR count). The summed E-state index contributed by atoms with van der Waals surface area (Å²) >= 11 is 0. The zero-order valence-corrected chi connectivity index (χ0v) is 19.4. The fourth-order valence-electron chi connectivity index (χ4n) is 3.86. The molecule has 13 heteroatoms. The van der Waals surface area contributed by atoms with E-state index in [1.807, 2.05) is 18.9 Å². The van der Waals surface area contributed by atoms with Crippen LogP contribution in [-0.2, 0) is 9.59 Å². The highest BCUT2D eigenvalue weighted by Gasteiger charge is 2.29. The van der Waals surface area contributed by atoms with E-state index in [0.717, 1.165) is 5.69 Å². The quantitative estimate of drug-likeness (QED) is 0.257. The molecule has 0 saturated carbocycles. The Bertz CT molecular complexity index is 1150. The molecule has 0 aliphatic carbocycles. The largest absolute Gasteiger partial charge is 0.481 e. The Morgan fingerprint density at radius 3 is 2.57 bits per heavy atom. The molecule has 0 radical (unpaired) electrons. The van der Waals surface area contributed by atoms with Gasteiger partial charge in [0.25, 0.3) is 11.5 Å². The summed E-state index contributed by atoms with van der Waals surface area (Å²) in [6.45, 7) is 3.14. The number of aliphatic carboxylic acids is 2. The highest BCUT2D eigenvalue weighted by molar-refractivity contribution is 5.96. The Kier molecular flexibility index (Phi) is 7.79. The van der Waals surface area contributed by atoms with E-state index < -0.39 is 29.4 Å². The molecule has 1 aliphatic rings. The van der Waals surface area contributed by atoms with E-state index in [1.54, 1.807) is 24.3 Å². The maximum atomic E-state index is 12.4. The van der Waals surface area contributed by atoms with E-state index in [-0.39, 0.29) is 36.3 Å². The number of anilines is 4. The maximum absolute atomic E-state index is 12.4. The first-order chi connectivity index (χ1) is 16.6. The van der Waals surface area contributed by atoms with Crippen LogP contribution in [0.2, 0.25) is 0 Å². The van der Waals surface area contributed by atoms with Gasteiger partial charge in [-0.1, -0.05) is 0 Å². The molecule has 2 aromatic rings. The van der Waals surface area contributed by atoms with Crippen LogP contribution in [0.3, 0.4) is 0 Å². The number of nitrogens with one attached hydrogen (secondary N) is 4. The SMILES string of the molecule is C[C@H]1C(CNc2ccc(C(=O)NC(CCC(=O)O)C(=O)O)cc2)CNc2[nH]c(N)nc(=O)c2N1C. The predicted octanol–water partition coefficient (Wildman–Crippen LogP) is 0.378. The second-order valence-corrected chi connectivity index (χ2v) is 8.40. The average molecular weight is 488 g/mol. The number of aromatic nitrogens is 2. The zero-order chi connectivity index (χ0) is 25.7. The fourth-order valence-corrected chi connectivity index (χ4v) is 3.86. The molecule has 0 bridgehead atoms. The van der Waals surface area contributed by atoms with E-state index in [2.05, 4.69) is 25.9 Å². The average Bonchev–Trinajstić information content (AvgIpc) is 2.91. The molecule has 1 aromatic heterocycles. The van der Waals surface area contributed by atoms with Gasteiger partial charge in [0, 0.05) is 49.8 Å². The van der Waals surface area contributed by atoms with Crippen LogP contribution in [0.15, 0.2) is 29.1 Å². The minimum absolute atomic E-state index is 0.00780. The van der Waals surface area contributed by atoms with Gasteiger partial charge in [-0.25, -0.2) is 4.79 Å². The van der Waals surface area contributed by atoms with Crippen molar-refractivity contribution in [1.29, 1.82) is 0 Å². The Morgan fingerprint density at radius 1 is 1.26 bits per heavy atom. The molecule has 1 aromatic carbocycles. The summed E-state index contributed by atoms with van der Waals surface area (Å²) in [5.74, 6) is -2.38. The molecule has 35 heavy (non-hydrogen) atoms. The minimum Gasteiger partial charge on any atom is -0.481 e. The normalized spacial score (nSPS) is 17.9. The van der Waals surface area contributed by atoms with Gasteiger partial charge in [-0.15, -0.1) is 0 Å². The lowest BCUT2D eigenvalue weighted by Gasteiger charge is -2.30. The Balaban J connectivity index is 1.60. The number of H-pyrrole nitrogens is 1. The summed E-state index contributed by atoms with van der Waals surface area (Å²) in [5.41, 5.74) is 6.68. The standard InChI is InChI=1S/C22H29N7O6/c1-11-13(10-25-18-17(29(11)2)20(33)28-22(23)27-18)9-24-14-5-3-12(4-6-14)19(32)26-15(21(34)35)7-8-16(30)31/h3-6,11,13,15,24H,7-10H2,1-2H3,(H,26,32)(H,30,31)(H,34,35)(H4,23,25,27,28,33)/t11-,13?,15?/m0/s1. The Labute approximate surface area is 200 Å². The lowest BCUT2D eigenvalue weighted by Crippen LogP contribution is -2.41. The number of hydrogen-bond donors (Lipinski definition) is 7. The number of carbonyl (C=O) groups is 3. The molecule has 188 valence electrons. The Morgan fingerprint density at radius 2 is 1.94 bits per heavy atom. The molecule has 2 unspecified atom stereocenters. The van der Waals surface area contributed by atoms with Crippen LogP contribution in [0.1, 0.15) is 30.1 Å². The topological polar surface area (TPSA) is 203 Å². The maximum Gasteiger partial charge on any atom is 0.326 e. The summed E-state index contributed by atoms with van der Waals surface area (Å²) in [6, 6.07) is 5.20. The summed E-state index contributed by atoms with van der Waals surface area (Å²) in [6.07, 6.45) is -0.580. The molecule has 1 aliphatic heterocycles. The molecular formula is C22H29N7O6. The summed E-state index contributed by atoms with van der Waals surface area (Å²) in [4.78, 5) is 55.3. The molecule has 2 heterocycles. The third kappa shape index (κ3) is 6.19. The van der Waals surface area contributed by atoms with Crippen LogP contribution in [0.4, 0.5) is 23.1 Å². The molecule has 0 spiro atoms. The van der Waals surface area contributed by atoms with E-state index >= 15 is 0 Å². The third-order valence-electron chi connectivity index (χ3n) is 6.07. The van der Waals surface area contributed by atoms with Gasteiger partial charge in [-0.05, 0) is 37.6 Å². The van der Waals surface area contributed by atoms with Crippen molar-refractivity contribution in [1.82, 2.24) is 15.3 Å². The van der Waals surface area contributed by atoms with E-state index in [4.69, 9.17) is 10.8 Å². The predicted molar refractivity (Wildman–Crippen MR) is 130 cm³/mol. The number of fused-ring (bicyclic) bond motifs is 1. The van der Waals surface area contributed by atoms with Crippen molar-refractivity contribution in [2.75, 3.05) is 41.4 Å². The van der Waals surface area contributed by atoms with E-state index in [1.165, 1.54) is 0 Å². The van der Waals surface area contributed by atoms with Crippen molar-refractivity contribution in [2.24, 2.45) is 5.92 Å². The number of rotatable bonds is 9. The number of aromatic amines is 1.